The van der Waals surface area contributed by atoms with Crippen molar-refractivity contribution in [1.29, 1.82) is 0 Å². The maximum atomic E-state index is 13.2. The highest BCUT2D eigenvalue weighted by molar-refractivity contribution is 7.89. The zero-order chi connectivity index (χ0) is 24.5. The number of benzene rings is 2. The van der Waals surface area contributed by atoms with E-state index in [0.717, 1.165) is 0 Å². The maximum Gasteiger partial charge on any atom is 0.265 e. The molecule has 0 unspecified atom stereocenters. The monoisotopic (exact) mass is 486 g/mol. The lowest BCUT2D eigenvalue weighted by atomic mass is 10.1. The van der Waals surface area contributed by atoms with Gasteiger partial charge in [-0.25, -0.2) is 8.42 Å². The number of amides is 3. The van der Waals surface area contributed by atoms with Gasteiger partial charge in [-0.15, -0.1) is 0 Å². The molecule has 0 bridgehead atoms. The first-order chi connectivity index (χ1) is 16.2. The second-order valence-electron chi connectivity index (χ2n) is 8.12. The van der Waals surface area contributed by atoms with Gasteiger partial charge in [-0.3, -0.25) is 14.4 Å². The molecule has 4 rings (SSSR count). The van der Waals surface area contributed by atoms with E-state index in [1.165, 1.54) is 23.4 Å². The van der Waals surface area contributed by atoms with Crippen LogP contribution in [0.3, 0.4) is 0 Å². The number of nitrogens with one attached hydrogen (secondary N) is 2. The van der Waals surface area contributed by atoms with Gasteiger partial charge in [-0.1, -0.05) is 13.0 Å². The molecule has 2 aromatic carbocycles. The lowest BCUT2D eigenvalue weighted by molar-refractivity contribution is -0.123. The third-order valence-electron chi connectivity index (χ3n) is 5.73. The molecule has 3 amide bonds. The average Bonchev–Trinajstić information content (AvgIpc) is 2.82. The maximum absolute atomic E-state index is 13.2. The van der Waals surface area contributed by atoms with Crippen molar-refractivity contribution in [2.24, 2.45) is 0 Å². The van der Waals surface area contributed by atoms with Gasteiger partial charge in [0.25, 0.3) is 11.8 Å². The van der Waals surface area contributed by atoms with Gasteiger partial charge >= 0.3 is 0 Å². The Balaban J connectivity index is 1.44. The summed E-state index contributed by atoms with van der Waals surface area (Å²) in [5, 5.41) is 5.35. The molecule has 0 radical (unpaired) electrons. The Labute approximate surface area is 197 Å². The van der Waals surface area contributed by atoms with Crippen LogP contribution in [-0.2, 0) is 19.6 Å². The normalized spacial score (nSPS) is 18.5. The minimum atomic E-state index is -3.83. The van der Waals surface area contributed by atoms with Crippen molar-refractivity contribution in [3.63, 3.8) is 0 Å². The predicted molar refractivity (Wildman–Crippen MR) is 125 cm³/mol. The van der Waals surface area contributed by atoms with Gasteiger partial charge in [0.05, 0.1) is 10.6 Å². The number of carbonyl (C=O) groups excluding carboxylic acids is 3. The summed E-state index contributed by atoms with van der Waals surface area (Å²) in [7, 11) is -3.83. The molecular formula is C23H26N4O6S. The third-order valence-corrected chi connectivity index (χ3v) is 7.63. The van der Waals surface area contributed by atoms with E-state index in [1.54, 1.807) is 35.2 Å². The van der Waals surface area contributed by atoms with E-state index in [0.29, 0.717) is 29.1 Å². The highest BCUT2D eigenvalue weighted by atomic mass is 32.2. The molecule has 11 heteroatoms. The van der Waals surface area contributed by atoms with Crippen molar-refractivity contribution in [1.82, 2.24) is 9.21 Å². The van der Waals surface area contributed by atoms with E-state index in [9.17, 15) is 22.8 Å². The van der Waals surface area contributed by atoms with Crippen LogP contribution < -0.4 is 15.4 Å². The van der Waals surface area contributed by atoms with Crippen LogP contribution in [-0.4, -0.2) is 67.6 Å². The molecule has 0 aromatic heterocycles. The van der Waals surface area contributed by atoms with Crippen molar-refractivity contribution < 1.29 is 27.5 Å². The molecule has 0 aliphatic carbocycles. The molecule has 2 N–H and O–H groups in total. The van der Waals surface area contributed by atoms with Crippen LogP contribution >= 0.6 is 0 Å². The van der Waals surface area contributed by atoms with Crippen LogP contribution in [0.15, 0.2) is 47.4 Å². The highest BCUT2D eigenvalue weighted by Gasteiger charge is 2.32. The average molecular weight is 487 g/mol. The standard InChI is InChI=1S/C23H26N4O6S/c1-3-20-22(29)25-19-14-18(7-8-21(19)33-20)34(31,32)27-11-9-26(10-12-27)23(30)16-5-4-6-17(13-16)24-15(2)28/h4-8,13-14,20H,3,9-12H2,1-2H3,(H,24,28)(H,25,29)/t20-/m0/s1. The number of nitrogens with zero attached hydrogens (tertiary/aromatic N) is 2. The van der Waals surface area contributed by atoms with E-state index in [4.69, 9.17) is 4.74 Å². The van der Waals surface area contributed by atoms with Gasteiger partial charge in [0.2, 0.25) is 15.9 Å². The summed E-state index contributed by atoms with van der Waals surface area (Å²) in [5.74, 6) is -0.341. The first kappa shape index (κ1) is 23.7. The van der Waals surface area contributed by atoms with E-state index in [2.05, 4.69) is 10.6 Å². The number of sulfonamides is 1. The van der Waals surface area contributed by atoms with Gasteiger partial charge in [-0.05, 0) is 42.8 Å². The number of fused-ring (bicyclic) bond motifs is 1. The Hall–Kier alpha value is -3.44. The number of hydrogen-bond acceptors (Lipinski definition) is 6. The fourth-order valence-electron chi connectivity index (χ4n) is 3.96. The second-order valence-corrected chi connectivity index (χ2v) is 10.1. The van der Waals surface area contributed by atoms with Gasteiger partial charge < -0.3 is 20.3 Å². The quantitative estimate of drug-likeness (QED) is 0.665. The van der Waals surface area contributed by atoms with E-state index in [1.807, 2.05) is 6.92 Å². The molecular weight excluding hydrogens is 460 g/mol. The minimum Gasteiger partial charge on any atom is -0.478 e. The Bertz CT molecular complexity index is 1240. The molecule has 10 nitrogen and oxygen atoms in total. The van der Waals surface area contributed by atoms with E-state index >= 15 is 0 Å². The molecule has 2 aliphatic rings. The SMILES string of the molecule is CC[C@@H]1Oc2ccc(S(=O)(=O)N3CCN(C(=O)c4cccc(NC(C)=O)c4)CC3)cc2NC1=O. The summed E-state index contributed by atoms with van der Waals surface area (Å²) >= 11 is 0. The Kier molecular flexibility index (Phi) is 6.58. The molecule has 2 aliphatic heterocycles. The number of piperazine rings is 1. The van der Waals surface area contributed by atoms with Crippen LogP contribution in [0.2, 0.25) is 0 Å². The largest absolute Gasteiger partial charge is 0.478 e. The van der Waals surface area contributed by atoms with E-state index < -0.39 is 16.1 Å². The Morgan fingerprint density at radius 2 is 1.85 bits per heavy atom. The first-order valence-corrected chi connectivity index (χ1v) is 12.4. The zero-order valence-corrected chi connectivity index (χ0v) is 19.7. The van der Waals surface area contributed by atoms with Crippen LogP contribution in [0.4, 0.5) is 11.4 Å². The molecule has 2 heterocycles. The van der Waals surface area contributed by atoms with Gasteiger partial charge in [0, 0.05) is 44.4 Å². The number of hydrogen-bond donors (Lipinski definition) is 2. The summed E-state index contributed by atoms with van der Waals surface area (Å²) in [6.07, 6.45) is -0.0919. The topological polar surface area (TPSA) is 125 Å². The fraction of sp³-hybridized carbons (Fsp3) is 0.348. The second kappa shape index (κ2) is 9.43. The summed E-state index contributed by atoms with van der Waals surface area (Å²) in [6.45, 7) is 3.95. The summed E-state index contributed by atoms with van der Waals surface area (Å²) in [5.41, 5.74) is 1.26. The van der Waals surface area contributed by atoms with Gasteiger partial charge in [0.15, 0.2) is 6.10 Å². The van der Waals surface area contributed by atoms with Gasteiger partial charge in [0.1, 0.15) is 5.75 Å². The first-order valence-electron chi connectivity index (χ1n) is 11.0. The molecule has 180 valence electrons. The van der Waals surface area contributed by atoms with Crippen molar-refractivity contribution in [3.05, 3.63) is 48.0 Å². The lowest BCUT2D eigenvalue weighted by Gasteiger charge is -2.34. The van der Waals surface area contributed by atoms with Gasteiger partial charge in [-0.2, -0.15) is 4.31 Å². The van der Waals surface area contributed by atoms with Crippen molar-refractivity contribution >= 4 is 39.1 Å². The summed E-state index contributed by atoms with van der Waals surface area (Å²) in [4.78, 5) is 37.9. The fourth-order valence-corrected chi connectivity index (χ4v) is 5.40. The van der Waals surface area contributed by atoms with Crippen LogP contribution in [0.25, 0.3) is 0 Å². The molecule has 0 spiro atoms. The van der Waals surface area contributed by atoms with E-state index in [-0.39, 0.29) is 48.8 Å². The zero-order valence-electron chi connectivity index (χ0n) is 18.9. The van der Waals surface area contributed by atoms with Crippen LogP contribution in [0.1, 0.15) is 30.6 Å². The van der Waals surface area contributed by atoms with Crippen molar-refractivity contribution in [2.45, 2.75) is 31.3 Å². The van der Waals surface area contributed by atoms with Crippen molar-refractivity contribution in [2.75, 3.05) is 36.8 Å². The lowest BCUT2D eigenvalue weighted by Crippen LogP contribution is -2.50. The number of rotatable bonds is 5. The number of anilines is 2. The highest BCUT2D eigenvalue weighted by Crippen LogP contribution is 2.33. The third kappa shape index (κ3) is 4.75. The predicted octanol–water partition coefficient (Wildman–Crippen LogP) is 1.90. The Morgan fingerprint density at radius 1 is 1.12 bits per heavy atom. The molecule has 0 saturated carbocycles. The Morgan fingerprint density at radius 3 is 2.53 bits per heavy atom. The molecule has 2 aromatic rings. The minimum absolute atomic E-state index is 0.0490. The summed E-state index contributed by atoms with van der Waals surface area (Å²) < 4.78 is 33.4. The number of ether oxygens (including phenoxy) is 1. The van der Waals surface area contributed by atoms with Crippen molar-refractivity contribution in [3.8, 4) is 5.75 Å². The van der Waals surface area contributed by atoms with Crippen LogP contribution in [0, 0.1) is 0 Å². The molecule has 1 saturated heterocycles. The number of carbonyl (C=O) groups is 3. The summed E-state index contributed by atoms with van der Waals surface area (Å²) in [6, 6.07) is 11.0. The molecule has 1 atom stereocenters. The smallest absolute Gasteiger partial charge is 0.265 e. The molecule has 1 fully saturated rings. The van der Waals surface area contributed by atoms with Crippen LogP contribution in [0.5, 0.6) is 5.75 Å². The molecule has 34 heavy (non-hydrogen) atoms.